The molecule has 0 spiro atoms. The molecule has 0 atom stereocenters. The molecule has 1 amide bonds. The first-order valence-electron chi connectivity index (χ1n) is 10.4. The summed E-state index contributed by atoms with van der Waals surface area (Å²) in [6, 6.07) is 21.5. The minimum absolute atomic E-state index is 0.309. The Hall–Kier alpha value is -2.13. The van der Waals surface area contributed by atoms with Crippen LogP contribution in [-0.2, 0) is 17.8 Å². The van der Waals surface area contributed by atoms with E-state index >= 15 is 0 Å². The molecule has 0 aromatic heterocycles. The second-order valence-corrected chi connectivity index (χ2v) is 7.57. The van der Waals surface area contributed by atoms with Crippen LogP contribution in [0.4, 0.5) is 0 Å². The molecule has 0 saturated carbocycles. The van der Waals surface area contributed by atoms with Crippen molar-refractivity contribution in [1.82, 2.24) is 9.80 Å². The molecule has 2 aromatic rings. The SMILES string of the molecule is CCCC(=O)N(Cc1ccccc1)C1CCN(CCc2ccccc2)CC1. The highest BCUT2D eigenvalue weighted by Crippen LogP contribution is 2.21. The van der Waals surface area contributed by atoms with E-state index in [4.69, 9.17) is 0 Å². The largest absolute Gasteiger partial charge is 0.335 e. The van der Waals surface area contributed by atoms with E-state index in [9.17, 15) is 4.79 Å². The maximum atomic E-state index is 12.8. The molecule has 0 radical (unpaired) electrons. The van der Waals surface area contributed by atoms with Gasteiger partial charge in [-0.2, -0.15) is 0 Å². The lowest BCUT2D eigenvalue weighted by Crippen LogP contribution is -2.47. The van der Waals surface area contributed by atoms with Crippen LogP contribution in [0.1, 0.15) is 43.7 Å². The van der Waals surface area contributed by atoms with Crippen LogP contribution < -0.4 is 0 Å². The van der Waals surface area contributed by atoms with Gasteiger partial charge in [-0.25, -0.2) is 0 Å². The molecule has 0 unspecified atom stereocenters. The van der Waals surface area contributed by atoms with Gasteiger partial charge in [-0.1, -0.05) is 67.6 Å². The lowest BCUT2D eigenvalue weighted by Gasteiger charge is -2.39. The number of hydrogen-bond donors (Lipinski definition) is 0. The number of piperidine rings is 1. The number of nitrogens with zero attached hydrogens (tertiary/aromatic N) is 2. The molecule has 1 heterocycles. The first kappa shape index (κ1) is 19.6. The van der Waals surface area contributed by atoms with Gasteiger partial charge in [-0.15, -0.1) is 0 Å². The Balaban J connectivity index is 1.54. The van der Waals surface area contributed by atoms with Crippen LogP contribution in [0.25, 0.3) is 0 Å². The Morgan fingerprint density at radius 3 is 2.15 bits per heavy atom. The minimum atomic E-state index is 0.309. The highest BCUT2D eigenvalue weighted by Gasteiger charge is 2.27. The monoisotopic (exact) mass is 364 g/mol. The summed E-state index contributed by atoms with van der Waals surface area (Å²) in [7, 11) is 0. The minimum Gasteiger partial charge on any atom is -0.335 e. The molecule has 3 heteroatoms. The van der Waals surface area contributed by atoms with Crippen molar-refractivity contribution in [3.8, 4) is 0 Å². The number of carbonyl (C=O) groups excluding carboxylic acids is 1. The fourth-order valence-electron chi connectivity index (χ4n) is 3.95. The molecule has 1 aliphatic heterocycles. The van der Waals surface area contributed by atoms with Crippen molar-refractivity contribution in [2.24, 2.45) is 0 Å². The normalized spacial score (nSPS) is 15.6. The van der Waals surface area contributed by atoms with E-state index in [0.29, 0.717) is 18.4 Å². The molecule has 3 nitrogen and oxygen atoms in total. The van der Waals surface area contributed by atoms with Crippen molar-refractivity contribution in [2.45, 2.75) is 51.6 Å². The van der Waals surface area contributed by atoms with Gasteiger partial charge in [-0.05, 0) is 36.8 Å². The summed E-state index contributed by atoms with van der Waals surface area (Å²) < 4.78 is 0. The average Bonchev–Trinajstić information content (AvgIpc) is 2.73. The van der Waals surface area contributed by atoms with Crippen molar-refractivity contribution < 1.29 is 4.79 Å². The molecular formula is C24H32N2O. The topological polar surface area (TPSA) is 23.6 Å². The van der Waals surface area contributed by atoms with Crippen molar-refractivity contribution in [3.05, 3.63) is 71.8 Å². The van der Waals surface area contributed by atoms with Crippen LogP contribution in [0.2, 0.25) is 0 Å². The van der Waals surface area contributed by atoms with Crippen molar-refractivity contribution in [2.75, 3.05) is 19.6 Å². The predicted molar refractivity (Wildman–Crippen MR) is 112 cm³/mol. The molecule has 1 fully saturated rings. The van der Waals surface area contributed by atoms with Crippen LogP contribution in [0, 0.1) is 0 Å². The van der Waals surface area contributed by atoms with E-state index in [2.05, 4.69) is 71.3 Å². The van der Waals surface area contributed by atoms with Gasteiger partial charge >= 0.3 is 0 Å². The van der Waals surface area contributed by atoms with Gasteiger partial charge in [0.05, 0.1) is 0 Å². The summed E-state index contributed by atoms with van der Waals surface area (Å²) in [6.45, 7) is 6.11. The zero-order chi connectivity index (χ0) is 18.9. The fourth-order valence-corrected chi connectivity index (χ4v) is 3.95. The van der Waals surface area contributed by atoms with Crippen molar-refractivity contribution in [1.29, 1.82) is 0 Å². The van der Waals surface area contributed by atoms with Crippen LogP contribution >= 0.6 is 0 Å². The quantitative estimate of drug-likeness (QED) is 0.687. The summed E-state index contributed by atoms with van der Waals surface area (Å²) in [6.07, 6.45) is 4.84. The van der Waals surface area contributed by atoms with E-state index in [0.717, 1.165) is 51.9 Å². The van der Waals surface area contributed by atoms with Crippen LogP contribution in [0.5, 0.6) is 0 Å². The Labute approximate surface area is 164 Å². The van der Waals surface area contributed by atoms with E-state index in [1.807, 2.05) is 6.07 Å². The standard InChI is InChI=1S/C24H32N2O/c1-2-9-24(27)26(20-22-12-7-4-8-13-22)23-15-18-25(19-16-23)17-14-21-10-5-3-6-11-21/h3-8,10-13,23H,2,9,14-20H2,1H3. The number of rotatable bonds is 8. The number of hydrogen-bond acceptors (Lipinski definition) is 2. The molecule has 3 rings (SSSR count). The maximum absolute atomic E-state index is 12.8. The Morgan fingerprint density at radius 1 is 0.963 bits per heavy atom. The Morgan fingerprint density at radius 2 is 1.56 bits per heavy atom. The highest BCUT2D eigenvalue weighted by atomic mass is 16.2. The van der Waals surface area contributed by atoms with E-state index < -0.39 is 0 Å². The summed E-state index contributed by atoms with van der Waals surface area (Å²) in [5.41, 5.74) is 2.64. The summed E-state index contributed by atoms with van der Waals surface area (Å²) in [5.74, 6) is 0.309. The van der Waals surface area contributed by atoms with Crippen LogP contribution in [-0.4, -0.2) is 41.4 Å². The lowest BCUT2D eigenvalue weighted by molar-refractivity contribution is -0.135. The van der Waals surface area contributed by atoms with Gasteiger partial charge in [0.2, 0.25) is 5.91 Å². The number of likely N-dealkylation sites (tertiary alicyclic amines) is 1. The van der Waals surface area contributed by atoms with Crippen LogP contribution in [0.15, 0.2) is 60.7 Å². The fraction of sp³-hybridized carbons (Fsp3) is 0.458. The van der Waals surface area contributed by atoms with Gasteiger partial charge in [0.25, 0.3) is 0 Å². The number of benzene rings is 2. The zero-order valence-corrected chi connectivity index (χ0v) is 16.5. The Kier molecular flexibility index (Phi) is 7.46. The summed E-state index contributed by atoms with van der Waals surface area (Å²) in [4.78, 5) is 17.4. The molecule has 0 aliphatic carbocycles. The van der Waals surface area contributed by atoms with Crippen molar-refractivity contribution in [3.63, 3.8) is 0 Å². The first-order chi connectivity index (χ1) is 13.3. The van der Waals surface area contributed by atoms with Gasteiger partial charge in [0.1, 0.15) is 0 Å². The van der Waals surface area contributed by atoms with Crippen molar-refractivity contribution >= 4 is 5.91 Å². The summed E-state index contributed by atoms with van der Waals surface area (Å²) >= 11 is 0. The molecule has 1 aliphatic rings. The third-order valence-electron chi connectivity index (χ3n) is 5.54. The first-order valence-corrected chi connectivity index (χ1v) is 10.4. The zero-order valence-electron chi connectivity index (χ0n) is 16.5. The highest BCUT2D eigenvalue weighted by molar-refractivity contribution is 5.76. The molecule has 1 saturated heterocycles. The van der Waals surface area contributed by atoms with Gasteiger partial charge in [0.15, 0.2) is 0 Å². The molecule has 144 valence electrons. The average molecular weight is 365 g/mol. The second-order valence-electron chi connectivity index (χ2n) is 7.57. The summed E-state index contributed by atoms with van der Waals surface area (Å²) in [5, 5.41) is 0. The molecule has 0 bridgehead atoms. The van der Waals surface area contributed by atoms with E-state index in [1.54, 1.807) is 0 Å². The molecule has 2 aromatic carbocycles. The smallest absolute Gasteiger partial charge is 0.223 e. The lowest BCUT2D eigenvalue weighted by atomic mass is 10.0. The molecular weight excluding hydrogens is 332 g/mol. The van der Waals surface area contributed by atoms with Crippen LogP contribution in [0.3, 0.4) is 0 Å². The third-order valence-corrected chi connectivity index (χ3v) is 5.54. The van der Waals surface area contributed by atoms with E-state index in [1.165, 1.54) is 11.1 Å². The third kappa shape index (κ3) is 5.93. The van der Waals surface area contributed by atoms with Gasteiger partial charge in [-0.3, -0.25) is 4.79 Å². The molecule has 27 heavy (non-hydrogen) atoms. The number of carbonyl (C=O) groups is 1. The number of amides is 1. The van der Waals surface area contributed by atoms with Gasteiger partial charge in [0, 0.05) is 38.6 Å². The second kappa shape index (κ2) is 10.3. The maximum Gasteiger partial charge on any atom is 0.223 e. The molecule has 0 N–H and O–H groups in total. The van der Waals surface area contributed by atoms with E-state index in [-0.39, 0.29) is 0 Å². The Bertz CT molecular complexity index is 678. The predicted octanol–water partition coefficient (Wildman–Crippen LogP) is 4.52. The van der Waals surface area contributed by atoms with Gasteiger partial charge < -0.3 is 9.80 Å².